The number of ether oxygens (including phenoxy) is 4. The molecule has 0 saturated carbocycles. The Kier molecular flexibility index (Phi) is 14.6. The third kappa shape index (κ3) is 9.89. The molecule has 0 unspecified atom stereocenters. The van der Waals surface area contributed by atoms with Gasteiger partial charge in [0.05, 0.1) is 49.8 Å². The third-order valence-corrected chi connectivity index (χ3v) is 8.85. The van der Waals surface area contributed by atoms with Gasteiger partial charge in [0.25, 0.3) is 0 Å². The monoisotopic (exact) mass is 706 g/mol. The summed E-state index contributed by atoms with van der Waals surface area (Å²) in [5.74, 6) is 3.67. The molecule has 0 heterocycles. The first-order chi connectivity index (χ1) is 24.7. The number of fused-ring (bicyclic) bond motifs is 8. The molecule has 0 fully saturated rings. The lowest BCUT2D eigenvalue weighted by Gasteiger charge is -2.22. The van der Waals surface area contributed by atoms with Crippen LogP contribution in [-0.4, -0.2) is 49.8 Å². The predicted octanol–water partition coefficient (Wildman–Crippen LogP) is 9.68. The quantitative estimate of drug-likeness (QED) is 0.0579. The molecule has 5 rings (SSSR count). The van der Waals surface area contributed by atoms with Gasteiger partial charge in [-0.2, -0.15) is 0 Å². The number of hydrogen-bond donors (Lipinski definition) is 0. The van der Waals surface area contributed by atoms with Gasteiger partial charge in [0.2, 0.25) is 0 Å². The van der Waals surface area contributed by atoms with Crippen LogP contribution in [0.15, 0.2) is 82.8 Å². The van der Waals surface area contributed by atoms with E-state index in [-0.39, 0.29) is 0 Å². The molecule has 50 heavy (non-hydrogen) atoms. The molecule has 0 N–H and O–H groups in total. The lowest BCUT2D eigenvalue weighted by atomic mass is 9.91. The molecule has 260 valence electrons. The number of para-hydroxylation sites is 4. The van der Waals surface area contributed by atoms with Crippen molar-refractivity contribution in [2.24, 2.45) is 9.98 Å². The molecular weight excluding hydrogens is 661 g/mol. The molecule has 4 aromatic carbocycles. The normalized spacial score (nSPS) is 11.9. The highest BCUT2D eigenvalue weighted by molar-refractivity contribution is 7.78. The Morgan fingerprint density at radius 3 is 0.960 bits per heavy atom. The van der Waals surface area contributed by atoms with Crippen molar-refractivity contribution in [1.82, 2.24) is 0 Å². The van der Waals surface area contributed by atoms with Gasteiger partial charge in [-0.1, -0.05) is 86.6 Å². The van der Waals surface area contributed by atoms with E-state index >= 15 is 0 Å². The topological polar surface area (TPSA) is 61.6 Å². The number of nitrogens with zero attached hydrogens (tertiary/aromatic N) is 2. The lowest BCUT2D eigenvalue weighted by Crippen LogP contribution is -2.10. The highest BCUT2D eigenvalue weighted by atomic mass is 32.1. The van der Waals surface area contributed by atoms with Crippen LogP contribution >= 0.6 is 24.4 Å². The van der Waals surface area contributed by atoms with Crippen LogP contribution in [0.1, 0.15) is 84.0 Å². The summed E-state index contributed by atoms with van der Waals surface area (Å²) in [5.41, 5.74) is 8.96. The van der Waals surface area contributed by atoms with E-state index in [1.54, 1.807) is 0 Å². The zero-order valence-corrected chi connectivity index (χ0v) is 30.8. The molecule has 0 aliphatic heterocycles. The molecule has 0 amide bonds. The van der Waals surface area contributed by atoms with E-state index in [1.807, 2.05) is 0 Å². The zero-order valence-electron chi connectivity index (χ0n) is 29.2. The highest BCUT2D eigenvalue weighted by Gasteiger charge is 2.21. The summed E-state index contributed by atoms with van der Waals surface area (Å²) in [6.07, 6.45) is 5.98. The SMILES string of the molecule is CCCOc1c2cccc1Cc1cccc(c1OCCCN=C=S)Cc1cccc(c1OCCC)Cc1cccc(c1OCCCN=C=S)C2. The molecule has 1 aliphatic rings. The largest absolute Gasteiger partial charge is 0.493 e. The van der Waals surface area contributed by atoms with E-state index < -0.39 is 0 Å². The molecule has 8 heteroatoms. The summed E-state index contributed by atoms with van der Waals surface area (Å²) < 4.78 is 26.4. The summed E-state index contributed by atoms with van der Waals surface area (Å²) >= 11 is 9.56. The van der Waals surface area contributed by atoms with Gasteiger partial charge in [-0.05, 0) is 81.8 Å². The molecule has 0 atom stereocenters. The predicted molar refractivity (Wildman–Crippen MR) is 209 cm³/mol. The second kappa shape index (κ2) is 19.8. The van der Waals surface area contributed by atoms with Crippen molar-refractivity contribution in [3.63, 3.8) is 0 Å². The van der Waals surface area contributed by atoms with Crippen LogP contribution < -0.4 is 18.9 Å². The van der Waals surface area contributed by atoms with E-state index in [0.29, 0.717) is 65.2 Å². The van der Waals surface area contributed by atoms with Crippen LogP contribution in [-0.2, 0) is 25.7 Å². The molecule has 4 aromatic rings. The molecule has 1 aliphatic carbocycles. The van der Waals surface area contributed by atoms with Crippen LogP contribution in [0, 0.1) is 0 Å². The molecule has 0 radical (unpaired) electrons. The summed E-state index contributed by atoms with van der Waals surface area (Å²) in [6, 6.07) is 25.9. The summed E-state index contributed by atoms with van der Waals surface area (Å²) in [5, 5.41) is 4.92. The molecule has 0 spiro atoms. The Balaban J connectivity index is 1.68. The first kappa shape index (κ1) is 36.9. The first-order valence-electron chi connectivity index (χ1n) is 17.7. The molecule has 6 nitrogen and oxygen atoms in total. The van der Waals surface area contributed by atoms with Crippen molar-refractivity contribution in [2.45, 2.75) is 65.2 Å². The number of rotatable bonds is 16. The van der Waals surface area contributed by atoms with Crippen molar-refractivity contribution in [3.8, 4) is 23.0 Å². The first-order valence-corrected chi connectivity index (χ1v) is 18.5. The fraction of sp³-hybridized carbons (Fsp3) is 0.381. The Morgan fingerprint density at radius 2 is 0.720 bits per heavy atom. The molecule has 8 bridgehead atoms. The third-order valence-electron chi connectivity index (χ3n) is 8.59. The fourth-order valence-corrected chi connectivity index (χ4v) is 6.55. The summed E-state index contributed by atoms with van der Waals surface area (Å²) in [7, 11) is 0. The van der Waals surface area contributed by atoms with Crippen LogP contribution in [0.4, 0.5) is 0 Å². The number of isothiocyanates is 2. The Labute approximate surface area is 307 Å². The minimum atomic E-state index is 0.526. The van der Waals surface area contributed by atoms with E-state index in [1.165, 1.54) is 0 Å². The second-order valence-corrected chi connectivity index (χ2v) is 12.7. The minimum Gasteiger partial charge on any atom is -0.493 e. The number of aliphatic imine (C=N–C) groups is 2. The van der Waals surface area contributed by atoms with Crippen molar-refractivity contribution < 1.29 is 18.9 Å². The van der Waals surface area contributed by atoms with Gasteiger partial charge >= 0.3 is 0 Å². The van der Waals surface area contributed by atoms with Crippen LogP contribution in [0.2, 0.25) is 0 Å². The van der Waals surface area contributed by atoms with E-state index in [2.05, 4.69) is 107 Å². The van der Waals surface area contributed by atoms with Crippen molar-refractivity contribution in [1.29, 1.82) is 0 Å². The Bertz CT molecular complexity index is 1610. The molecule has 0 aromatic heterocycles. The standard InChI is InChI=1S/C42H46N2O4S2/c1-3-21-45-39-31-11-5-12-32(39)26-36-16-8-18-38(42(36)48-24-10-20-44-30-50)28-34-14-6-13-33(40(34)46-22-4-2)27-37-17-7-15-35(25-31)41(37)47-23-9-19-43-29-49/h5-8,11-18H,3-4,9-10,19-28H2,1-2H3. The lowest BCUT2D eigenvalue weighted by molar-refractivity contribution is 0.303. The summed E-state index contributed by atoms with van der Waals surface area (Å²) in [4.78, 5) is 8.18. The smallest absolute Gasteiger partial charge is 0.126 e. The Hall–Kier alpha value is -4.32. The molecular formula is C42H46N2O4S2. The van der Waals surface area contributed by atoms with Gasteiger partial charge in [0.1, 0.15) is 23.0 Å². The number of hydrogen-bond acceptors (Lipinski definition) is 8. The highest BCUT2D eigenvalue weighted by Crippen LogP contribution is 2.39. The maximum Gasteiger partial charge on any atom is 0.126 e. The van der Waals surface area contributed by atoms with E-state index in [9.17, 15) is 0 Å². The van der Waals surface area contributed by atoms with Gasteiger partial charge in [-0.15, -0.1) is 0 Å². The number of thiocarbonyl (C=S) groups is 2. The summed E-state index contributed by atoms with van der Waals surface area (Å²) in [6.45, 7) is 7.76. The average molecular weight is 707 g/mol. The van der Waals surface area contributed by atoms with Crippen molar-refractivity contribution in [3.05, 3.63) is 117 Å². The number of benzene rings is 4. The van der Waals surface area contributed by atoms with Gasteiger partial charge < -0.3 is 18.9 Å². The fourth-order valence-electron chi connectivity index (χ4n) is 6.36. The average Bonchev–Trinajstić information content (AvgIpc) is 3.12. The van der Waals surface area contributed by atoms with E-state index in [4.69, 9.17) is 43.4 Å². The maximum absolute atomic E-state index is 6.62. The Morgan fingerprint density at radius 1 is 0.460 bits per heavy atom. The van der Waals surface area contributed by atoms with Gasteiger partial charge in [0, 0.05) is 38.5 Å². The van der Waals surface area contributed by atoms with Gasteiger partial charge in [-0.25, -0.2) is 9.98 Å². The van der Waals surface area contributed by atoms with Crippen LogP contribution in [0.25, 0.3) is 0 Å². The van der Waals surface area contributed by atoms with E-state index in [0.717, 1.165) is 93.2 Å². The van der Waals surface area contributed by atoms with Crippen molar-refractivity contribution in [2.75, 3.05) is 39.5 Å². The zero-order chi connectivity index (χ0) is 35.0. The molecule has 0 saturated heterocycles. The second-order valence-electron chi connectivity index (χ2n) is 12.4. The van der Waals surface area contributed by atoms with Crippen LogP contribution in [0.3, 0.4) is 0 Å². The van der Waals surface area contributed by atoms with Gasteiger partial charge in [0.15, 0.2) is 0 Å². The van der Waals surface area contributed by atoms with Gasteiger partial charge in [-0.3, -0.25) is 0 Å². The minimum absolute atomic E-state index is 0.526. The maximum atomic E-state index is 6.62. The van der Waals surface area contributed by atoms with Crippen LogP contribution in [0.5, 0.6) is 23.0 Å². The van der Waals surface area contributed by atoms with Crippen molar-refractivity contribution >= 4 is 34.8 Å².